The van der Waals surface area contributed by atoms with Crippen LogP contribution in [0.1, 0.15) is 46.0 Å². The molecule has 7 heteroatoms. The van der Waals surface area contributed by atoms with Gasteiger partial charge in [-0.25, -0.2) is 0 Å². The standard InChI is InChI=1S/C20H39N5S.HI/c1-4-21-19(22-16-18(2)24-12-10-23(3)11-13-24)25-14-15-26-20(17-25)8-6-5-7-9-20;/h18H,4-17H2,1-3H3,(H,21,22);1H. The number of halogens is 1. The van der Waals surface area contributed by atoms with Crippen molar-refractivity contribution in [2.45, 2.75) is 56.7 Å². The number of aliphatic imine (C=N–C) groups is 1. The first-order valence-electron chi connectivity index (χ1n) is 10.7. The Bertz CT molecular complexity index is 456. The fourth-order valence-electron chi connectivity index (χ4n) is 4.55. The molecule has 3 fully saturated rings. The van der Waals surface area contributed by atoms with Crippen molar-refractivity contribution >= 4 is 41.7 Å². The van der Waals surface area contributed by atoms with Crippen LogP contribution < -0.4 is 5.32 Å². The van der Waals surface area contributed by atoms with Gasteiger partial charge >= 0.3 is 0 Å². The number of nitrogens with one attached hydrogen (secondary N) is 1. The maximum absolute atomic E-state index is 5.08. The molecule has 0 aromatic heterocycles. The van der Waals surface area contributed by atoms with E-state index < -0.39 is 0 Å². The summed E-state index contributed by atoms with van der Waals surface area (Å²) in [4.78, 5) is 12.7. The van der Waals surface area contributed by atoms with Crippen molar-refractivity contribution in [1.29, 1.82) is 0 Å². The number of likely N-dealkylation sites (N-methyl/N-ethyl adjacent to an activating group) is 1. The smallest absolute Gasteiger partial charge is 0.194 e. The highest BCUT2D eigenvalue weighted by atomic mass is 127. The van der Waals surface area contributed by atoms with Gasteiger partial charge in [0.05, 0.1) is 6.54 Å². The molecule has 2 saturated heterocycles. The summed E-state index contributed by atoms with van der Waals surface area (Å²) in [6, 6.07) is 0.528. The molecule has 0 aromatic carbocycles. The minimum Gasteiger partial charge on any atom is -0.357 e. The van der Waals surface area contributed by atoms with Crippen LogP contribution in [0, 0.1) is 0 Å². The van der Waals surface area contributed by atoms with E-state index in [1.165, 1.54) is 70.6 Å². The Labute approximate surface area is 188 Å². The van der Waals surface area contributed by atoms with Crippen molar-refractivity contribution in [1.82, 2.24) is 20.0 Å². The Balaban J connectivity index is 0.00000261. The Morgan fingerprint density at radius 1 is 1.11 bits per heavy atom. The third-order valence-corrected chi connectivity index (χ3v) is 7.85. The summed E-state index contributed by atoms with van der Waals surface area (Å²) in [6.45, 7) is 13.4. The molecule has 1 spiro atoms. The van der Waals surface area contributed by atoms with E-state index in [2.05, 4.69) is 52.7 Å². The number of rotatable bonds is 4. The average molecular weight is 510 g/mol. The van der Waals surface area contributed by atoms with Crippen LogP contribution in [0.4, 0.5) is 0 Å². The molecule has 0 radical (unpaired) electrons. The van der Waals surface area contributed by atoms with Crippen LogP contribution in [0.3, 0.4) is 0 Å². The summed E-state index contributed by atoms with van der Waals surface area (Å²) in [5.74, 6) is 2.40. The quantitative estimate of drug-likeness (QED) is 0.358. The Morgan fingerprint density at radius 2 is 1.81 bits per heavy atom. The summed E-state index contributed by atoms with van der Waals surface area (Å²) < 4.78 is 0.496. The molecular formula is C20H40IN5S. The van der Waals surface area contributed by atoms with Gasteiger partial charge < -0.3 is 15.1 Å². The van der Waals surface area contributed by atoms with Gasteiger partial charge in [-0.3, -0.25) is 9.89 Å². The summed E-state index contributed by atoms with van der Waals surface area (Å²) in [5.41, 5.74) is 0. The van der Waals surface area contributed by atoms with Crippen LogP contribution in [0.15, 0.2) is 4.99 Å². The second-order valence-corrected chi connectivity index (χ2v) is 9.96. The van der Waals surface area contributed by atoms with Crippen LogP contribution in [0.25, 0.3) is 0 Å². The molecule has 2 heterocycles. The zero-order valence-electron chi connectivity index (χ0n) is 17.6. The van der Waals surface area contributed by atoms with E-state index >= 15 is 0 Å². The van der Waals surface area contributed by atoms with Gasteiger partial charge in [-0.1, -0.05) is 19.3 Å². The fraction of sp³-hybridized carbons (Fsp3) is 0.950. The van der Waals surface area contributed by atoms with E-state index in [-0.39, 0.29) is 24.0 Å². The molecule has 1 aliphatic carbocycles. The van der Waals surface area contributed by atoms with Crippen LogP contribution in [-0.2, 0) is 0 Å². The zero-order valence-corrected chi connectivity index (χ0v) is 20.7. The Hall–Kier alpha value is 0.270. The molecule has 1 N–H and O–H groups in total. The predicted molar refractivity (Wildman–Crippen MR) is 130 cm³/mol. The average Bonchev–Trinajstić information content (AvgIpc) is 2.66. The molecule has 3 aliphatic rings. The highest BCUT2D eigenvalue weighted by Crippen LogP contribution is 2.42. The molecule has 5 nitrogen and oxygen atoms in total. The minimum absolute atomic E-state index is 0. The SMILES string of the molecule is CCNC(=NCC(C)N1CCN(C)CC1)N1CCSC2(CCCCC2)C1.I. The van der Waals surface area contributed by atoms with E-state index in [1.807, 2.05) is 0 Å². The van der Waals surface area contributed by atoms with E-state index in [0.717, 1.165) is 25.6 Å². The van der Waals surface area contributed by atoms with Crippen molar-refractivity contribution in [3.8, 4) is 0 Å². The van der Waals surface area contributed by atoms with Crippen molar-refractivity contribution in [3.63, 3.8) is 0 Å². The van der Waals surface area contributed by atoms with Gasteiger partial charge in [0.15, 0.2) is 5.96 Å². The summed E-state index contributed by atoms with van der Waals surface area (Å²) in [5, 5.41) is 3.58. The summed E-state index contributed by atoms with van der Waals surface area (Å²) >= 11 is 2.24. The molecule has 1 unspecified atom stereocenters. The monoisotopic (exact) mass is 509 g/mol. The third kappa shape index (κ3) is 6.64. The van der Waals surface area contributed by atoms with E-state index in [9.17, 15) is 0 Å². The van der Waals surface area contributed by atoms with Crippen LogP contribution >= 0.6 is 35.7 Å². The topological polar surface area (TPSA) is 34.1 Å². The lowest BCUT2D eigenvalue weighted by molar-refractivity contribution is 0.122. The van der Waals surface area contributed by atoms with Crippen molar-refractivity contribution in [2.75, 3.05) is 65.2 Å². The number of guanidine groups is 1. The molecule has 0 aromatic rings. The maximum atomic E-state index is 5.08. The Kier molecular flexibility index (Phi) is 9.99. The van der Waals surface area contributed by atoms with Crippen molar-refractivity contribution in [3.05, 3.63) is 0 Å². The first kappa shape index (κ1) is 23.5. The molecule has 3 rings (SSSR count). The van der Waals surface area contributed by atoms with Crippen molar-refractivity contribution in [2.24, 2.45) is 4.99 Å². The predicted octanol–water partition coefficient (Wildman–Crippen LogP) is 2.96. The molecule has 1 atom stereocenters. The molecule has 1 saturated carbocycles. The number of piperazine rings is 1. The van der Waals surface area contributed by atoms with Gasteiger partial charge in [-0.05, 0) is 33.7 Å². The maximum Gasteiger partial charge on any atom is 0.194 e. The minimum atomic E-state index is 0. The highest BCUT2D eigenvalue weighted by molar-refractivity contribution is 14.0. The van der Waals surface area contributed by atoms with Crippen LogP contribution in [0.2, 0.25) is 0 Å². The molecule has 0 amide bonds. The number of nitrogens with zero attached hydrogens (tertiary/aromatic N) is 4. The molecule has 2 aliphatic heterocycles. The Morgan fingerprint density at radius 3 is 2.48 bits per heavy atom. The fourth-order valence-corrected chi connectivity index (χ4v) is 6.12. The number of hydrogen-bond donors (Lipinski definition) is 1. The summed E-state index contributed by atoms with van der Waals surface area (Å²) in [7, 11) is 2.22. The van der Waals surface area contributed by atoms with Gasteiger partial charge in [-0.2, -0.15) is 11.8 Å². The van der Waals surface area contributed by atoms with Gasteiger partial charge in [-0.15, -0.1) is 24.0 Å². The second kappa shape index (κ2) is 11.5. The lowest BCUT2D eigenvalue weighted by Gasteiger charge is -2.45. The van der Waals surface area contributed by atoms with Gasteiger partial charge in [0.25, 0.3) is 0 Å². The first-order chi connectivity index (χ1) is 12.6. The van der Waals surface area contributed by atoms with Gasteiger partial charge in [0, 0.05) is 62.4 Å². The largest absolute Gasteiger partial charge is 0.357 e. The third-order valence-electron chi connectivity index (χ3n) is 6.31. The van der Waals surface area contributed by atoms with Gasteiger partial charge in [0.1, 0.15) is 0 Å². The molecular weight excluding hydrogens is 469 g/mol. The number of hydrogen-bond acceptors (Lipinski definition) is 4. The normalized spacial score (nSPS) is 25.9. The number of thioether (sulfide) groups is 1. The van der Waals surface area contributed by atoms with Crippen LogP contribution in [-0.4, -0.2) is 96.6 Å². The van der Waals surface area contributed by atoms with E-state index in [4.69, 9.17) is 4.99 Å². The molecule has 158 valence electrons. The molecule has 0 bridgehead atoms. The lowest BCUT2D eigenvalue weighted by atomic mass is 9.87. The zero-order chi connectivity index (χ0) is 18.4. The second-order valence-electron chi connectivity index (χ2n) is 8.40. The van der Waals surface area contributed by atoms with E-state index in [1.54, 1.807) is 0 Å². The van der Waals surface area contributed by atoms with Crippen molar-refractivity contribution < 1.29 is 0 Å². The lowest BCUT2D eigenvalue weighted by Crippen LogP contribution is -2.54. The highest BCUT2D eigenvalue weighted by Gasteiger charge is 2.38. The van der Waals surface area contributed by atoms with E-state index in [0.29, 0.717) is 10.8 Å². The first-order valence-corrected chi connectivity index (χ1v) is 11.7. The van der Waals surface area contributed by atoms with Crippen LogP contribution in [0.5, 0.6) is 0 Å². The summed E-state index contributed by atoms with van der Waals surface area (Å²) in [6.07, 6.45) is 7.04. The molecule has 27 heavy (non-hydrogen) atoms. The van der Waals surface area contributed by atoms with Gasteiger partial charge in [0.2, 0.25) is 0 Å².